The summed E-state index contributed by atoms with van der Waals surface area (Å²) in [6, 6.07) is 10.1. The van der Waals surface area contributed by atoms with Crippen LogP contribution in [-0.2, 0) is 0 Å². The van der Waals surface area contributed by atoms with Gasteiger partial charge >= 0.3 is 0 Å². The Morgan fingerprint density at radius 3 is 2.73 bits per heavy atom. The van der Waals surface area contributed by atoms with Crippen molar-refractivity contribution in [2.24, 2.45) is 10.7 Å². The highest BCUT2D eigenvalue weighted by Gasteiger charge is 2.14. The molecule has 0 amide bonds. The zero-order valence-corrected chi connectivity index (χ0v) is 8.56. The van der Waals surface area contributed by atoms with Crippen molar-refractivity contribution in [3.8, 4) is 0 Å². The molecule has 76 valence electrons. The first-order valence-corrected chi connectivity index (χ1v) is 4.99. The Kier molecular flexibility index (Phi) is 2.79. The van der Waals surface area contributed by atoms with E-state index in [1.807, 2.05) is 36.4 Å². The second-order valence-corrected chi connectivity index (χ2v) is 3.59. The van der Waals surface area contributed by atoms with Gasteiger partial charge in [-0.2, -0.15) is 0 Å². The maximum absolute atomic E-state index is 5.97. The van der Waals surface area contributed by atoms with Gasteiger partial charge in [0.15, 0.2) is 0 Å². The molecule has 0 fully saturated rings. The lowest BCUT2D eigenvalue weighted by Gasteiger charge is -2.18. The van der Waals surface area contributed by atoms with Gasteiger partial charge in [-0.05, 0) is 22.8 Å². The molecule has 1 aliphatic rings. The molecule has 0 radical (unpaired) electrons. The Bertz CT molecular complexity index is 415. The zero-order chi connectivity index (χ0) is 10.7. The van der Waals surface area contributed by atoms with Crippen molar-refractivity contribution in [3.05, 3.63) is 54.1 Å². The number of rotatable bonds is 2. The van der Waals surface area contributed by atoms with E-state index in [4.69, 9.17) is 5.73 Å². The molecule has 0 bridgehead atoms. The molecule has 1 aliphatic heterocycles. The fourth-order valence-corrected chi connectivity index (χ4v) is 1.66. The normalized spacial score (nSPS) is 19.8. The fraction of sp³-hybridized carbons (Fsp3) is 0.154. The molecular formula is C13H14N2. The number of dihydropyridines is 1. The Hall–Kier alpha value is -1.67. The molecule has 0 spiro atoms. The summed E-state index contributed by atoms with van der Waals surface area (Å²) in [5.41, 5.74) is 9.17. The molecule has 1 aromatic rings. The van der Waals surface area contributed by atoms with Crippen LogP contribution in [0.4, 0.5) is 0 Å². The number of benzene rings is 1. The lowest BCUT2D eigenvalue weighted by Crippen LogP contribution is -2.28. The van der Waals surface area contributed by atoms with Crippen molar-refractivity contribution < 1.29 is 0 Å². The van der Waals surface area contributed by atoms with Gasteiger partial charge in [0.25, 0.3) is 0 Å². The van der Waals surface area contributed by atoms with Crippen LogP contribution in [0.3, 0.4) is 0 Å². The quantitative estimate of drug-likeness (QED) is 0.776. The summed E-state index contributed by atoms with van der Waals surface area (Å²) in [6.45, 7) is 4.74. The first-order valence-electron chi connectivity index (χ1n) is 4.99. The van der Waals surface area contributed by atoms with Crippen LogP contribution in [0.5, 0.6) is 0 Å². The first-order chi connectivity index (χ1) is 7.29. The highest BCUT2D eigenvalue weighted by molar-refractivity contribution is 5.86. The second kappa shape index (κ2) is 4.24. The fourth-order valence-electron chi connectivity index (χ4n) is 1.66. The number of hydrogen-bond acceptors (Lipinski definition) is 2. The van der Waals surface area contributed by atoms with Crippen molar-refractivity contribution >= 4 is 11.8 Å². The van der Waals surface area contributed by atoms with Crippen LogP contribution in [0, 0.1) is 0 Å². The Balaban J connectivity index is 2.29. The first kappa shape index (κ1) is 9.87. The predicted octanol–water partition coefficient (Wildman–Crippen LogP) is 2.04. The Labute approximate surface area is 89.8 Å². The van der Waals surface area contributed by atoms with Gasteiger partial charge in [0, 0.05) is 12.3 Å². The molecule has 2 N–H and O–H groups in total. The van der Waals surface area contributed by atoms with E-state index in [-0.39, 0.29) is 6.04 Å². The summed E-state index contributed by atoms with van der Waals surface area (Å²) in [5.74, 6) is 0. The molecule has 2 nitrogen and oxygen atoms in total. The lowest BCUT2D eigenvalue weighted by atomic mass is 9.93. The highest BCUT2D eigenvalue weighted by Crippen LogP contribution is 2.23. The molecule has 1 heterocycles. The summed E-state index contributed by atoms with van der Waals surface area (Å²) >= 11 is 0. The molecule has 0 aromatic heterocycles. The van der Waals surface area contributed by atoms with Gasteiger partial charge < -0.3 is 5.73 Å². The van der Waals surface area contributed by atoms with Gasteiger partial charge in [-0.15, -0.1) is 0 Å². The van der Waals surface area contributed by atoms with Gasteiger partial charge in [0.05, 0.1) is 6.54 Å². The van der Waals surface area contributed by atoms with E-state index in [0.29, 0.717) is 6.54 Å². The third kappa shape index (κ3) is 2.05. The average Bonchev–Trinajstić information content (AvgIpc) is 2.30. The van der Waals surface area contributed by atoms with E-state index >= 15 is 0 Å². The monoisotopic (exact) mass is 198 g/mol. The van der Waals surface area contributed by atoms with Crippen molar-refractivity contribution in [2.45, 2.75) is 6.04 Å². The molecule has 1 atom stereocenters. The highest BCUT2D eigenvalue weighted by atomic mass is 14.8. The van der Waals surface area contributed by atoms with Gasteiger partial charge in [-0.25, -0.2) is 0 Å². The smallest absolute Gasteiger partial charge is 0.0582 e. The van der Waals surface area contributed by atoms with E-state index in [1.54, 1.807) is 6.21 Å². The molecule has 0 aliphatic carbocycles. The van der Waals surface area contributed by atoms with Crippen LogP contribution < -0.4 is 5.73 Å². The zero-order valence-electron chi connectivity index (χ0n) is 8.56. The molecule has 0 saturated heterocycles. The van der Waals surface area contributed by atoms with Crippen LogP contribution in [0.15, 0.2) is 53.6 Å². The van der Waals surface area contributed by atoms with Crippen molar-refractivity contribution in [1.29, 1.82) is 0 Å². The molecule has 1 aromatic carbocycles. The summed E-state index contributed by atoms with van der Waals surface area (Å²) in [4.78, 5) is 4.12. The molecule has 1 unspecified atom stereocenters. The van der Waals surface area contributed by atoms with Gasteiger partial charge in [0.1, 0.15) is 0 Å². The summed E-state index contributed by atoms with van der Waals surface area (Å²) in [6.07, 6.45) is 3.75. The SMILES string of the molecule is C=C(C1=CC=NCC1N)c1ccccc1. The third-order valence-corrected chi connectivity index (χ3v) is 2.53. The lowest BCUT2D eigenvalue weighted by molar-refractivity contribution is 0.794. The van der Waals surface area contributed by atoms with Crippen LogP contribution in [0.2, 0.25) is 0 Å². The van der Waals surface area contributed by atoms with E-state index in [1.165, 1.54) is 0 Å². The van der Waals surface area contributed by atoms with Gasteiger partial charge in [0.2, 0.25) is 0 Å². The van der Waals surface area contributed by atoms with Crippen LogP contribution in [0.1, 0.15) is 5.56 Å². The molecule has 15 heavy (non-hydrogen) atoms. The second-order valence-electron chi connectivity index (χ2n) is 3.59. The molecule has 2 rings (SSSR count). The van der Waals surface area contributed by atoms with E-state index in [9.17, 15) is 0 Å². The summed E-state index contributed by atoms with van der Waals surface area (Å²) in [5, 5.41) is 0. The maximum Gasteiger partial charge on any atom is 0.0582 e. The summed E-state index contributed by atoms with van der Waals surface area (Å²) < 4.78 is 0. The average molecular weight is 198 g/mol. The Morgan fingerprint density at radius 2 is 2.07 bits per heavy atom. The van der Waals surface area contributed by atoms with Gasteiger partial charge in [-0.3, -0.25) is 4.99 Å². The third-order valence-electron chi connectivity index (χ3n) is 2.53. The van der Waals surface area contributed by atoms with Crippen LogP contribution in [0.25, 0.3) is 5.57 Å². The number of nitrogens with zero attached hydrogens (tertiary/aromatic N) is 1. The van der Waals surface area contributed by atoms with Crippen molar-refractivity contribution in [1.82, 2.24) is 0 Å². The topological polar surface area (TPSA) is 38.4 Å². The number of nitrogens with two attached hydrogens (primary N) is 1. The largest absolute Gasteiger partial charge is 0.322 e. The number of hydrogen-bond donors (Lipinski definition) is 1. The van der Waals surface area contributed by atoms with E-state index in [0.717, 1.165) is 16.7 Å². The van der Waals surface area contributed by atoms with E-state index < -0.39 is 0 Å². The number of allylic oxidation sites excluding steroid dienone is 1. The number of aliphatic imine (C=N–C) groups is 1. The Morgan fingerprint density at radius 1 is 1.33 bits per heavy atom. The molecular weight excluding hydrogens is 184 g/mol. The minimum atomic E-state index is -0.0253. The minimum Gasteiger partial charge on any atom is -0.322 e. The molecule has 0 saturated carbocycles. The van der Waals surface area contributed by atoms with Crippen LogP contribution >= 0.6 is 0 Å². The minimum absolute atomic E-state index is 0.0253. The van der Waals surface area contributed by atoms with Gasteiger partial charge in [-0.1, -0.05) is 36.9 Å². The van der Waals surface area contributed by atoms with E-state index in [2.05, 4.69) is 11.6 Å². The molecule has 2 heteroatoms. The van der Waals surface area contributed by atoms with Crippen molar-refractivity contribution in [3.63, 3.8) is 0 Å². The predicted molar refractivity (Wildman–Crippen MR) is 64.9 cm³/mol. The summed E-state index contributed by atoms with van der Waals surface area (Å²) in [7, 11) is 0. The maximum atomic E-state index is 5.97. The standard InChI is InChI=1S/C13H14N2/c1-10(11-5-3-2-4-6-11)12-7-8-15-9-13(12)14/h2-8,13H,1,9,14H2. The van der Waals surface area contributed by atoms with Crippen LogP contribution in [-0.4, -0.2) is 18.8 Å². The van der Waals surface area contributed by atoms with Crippen molar-refractivity contribution in [2.75, 3.05) is 6.54 Å².